The number of halogens is 2. The normalized spacial score (nSPS) is 10.6. The minimum absolute atomic E-state index is 0.267. The summed E-state index contributed by atoms with van der Waals surface area (Å²) in [5.41, 5.74) is 0.810. The lowest BCUT2D eigenvalue weighted by atomic mass is 10.2. The molecule has 0 aromatic heterocycles. The van der Waals surface area contributed by atoms with E-state index in [1.54, 1.807) is 30.6 Å². The summed E-state index contributed by atoms with van der Waals surface area (Å²) >= 11 is 11.7. The molecule has 0 saturated carbocycles. The van der Waals surface area contributed by atoms with E-state index in [0.29, 0.717) is 10.0 Å². The van der Waals surface area contributed by atoms with Gasteiger partial charge in [-0.15, -0.1) is 0 Å². The van der Waals surface area contributed by atoms with E-state index in [1.165, 1.54) is 0 Å². The van der Waals surface area contributed by atoms with Crippen LogP contribution in [0.1, 0.15) is 12.0 Å². The SMILES string of the molecule is O=[C]CC=Cc1cccc(Cl)c1Cl. The maximum Gasteiger partial charge on any atom is 0.202 e. The summed E-state index contributed by atoms with van der Waals surface area (Å²) in [5, 5.41) is 1.02. The van der Waals surface area contributed by atoms with Crippen molar-refractivity contribution < 1.29 is 4.79 Å². The fourth-order valence-corrected chi connectivity index (χ4v) is 1.25. The molecule has 1 nitrogen and oxygen atoms in total. The molecule has 0 heterocycles. The van der Waals surface area contributed by atoms with Gasteiger partial charge in [-0.05, 0) is 11.6 Å². The second kappa shape index (κ2) is 5.05. The molecule has 0 atom stereocenters. The Kier molecular flexibility index (Phi) is 4.00. The van der Waals surface area contributed by atoms with Gasteiger partial charge < -0.3 is 0 Å². The van der Waals surface area contributed by atoms with Crippen LogP contribution in [0.25, 0.3) is 6.08 Å². The zero-order chi connectivity index (χ0) is 9.68. The molecular formula is C10H7Cl2O. The van der Waals surface area contributed by atoms with Crippen molar-refractivity contribution in [3.8, 4) is 0 Å². The molecule has 3 heteroatoms. The number of hydrogen-bond donors (Lipinski definition) is 0. The maximum atomic E-state index is 9.91. The lowest BCUT2D eigenvalue weighted by Crippen LogP contribution is -1.76. The van der Waals surface area contributed by atoms with E-state index >= 15 is 0 Å². The third-order valence-electron chi connectivity index (χ3n) is 1.48. The van der Waals surface area contributed by atoms with Crippen LogP contribution in [0.15, 0.2) is 24.3 Å². The Morgan fingerprint density at radius 3 is 2.85 bits per heavy atom. The van der Waals surface area contributed by atoms with Crippen molar-refractivity contribution in [2.75, 3.05) is 0 Å². The number of hydrogen-bond acceptors (Lipinski definition) is 1. The van der Waals surface area contributed by atoms with Crippen LogP contribution >= 0.6 is 23.2 Å². The Morgan fingerprint density at radius 2 is 2.15 bits per heavy atom. The van der Waals surface area contributed by atoms with Gasteiger partial charge in [-0.25, -0.2) is 0 Å². The van der Waals surface area contributed by atoms with Crippen LogP contribution < -0.4 is 0 Å². The van der Waals surface area contributed by atoms with Crippen molar-refractivity contribution in [1.29, 1.82) is 0 Å². The zero-order valence-electron chi connectivity index (χ0n) is 6.76. The van der Waals surface area contributed by atoms with E-state index < -0.39 is 0 Å². The van der Waals surface area contributed by atoms with Crippen LogP contribution in [0.2, 0.25) is 10.0 Å². The molecule has 0 amide bonds. The summed E-state index contributed by atoms with van der Waals surface area (Å²) in [6.07, 6.45) is 5.46. The topological polar surface area (TPSA) is 17.1 Å². The lowest BCUT2D eigenvalue weighted by molar-refractivity contribution is 0.556. The third-order valence-corrected chi connectivity index (χ3v) is 2.31. The molecule has 0 fully saturated rings. The highest BCUT2D eigenvalue weighted by Crippen LogP contribution is 2.26. The fraction of sp³-hybridized carbons (Fsp3) is 0.100. The van der Waals surface area contributed by atoms with Gasteiger partial charge in [-0.1, -0.05) is 47.5 Å². The first-order valence-corrected chi connectivity index (χ1v) is 4.47. The van der Waals surface area contributed by atoms with Crippen LogP contribution in [0, 0.1) is 0 Å². The summed E-state index contributed by atoms with van der Waals surface area (Å²) in [6, 6.07) is 5.35. The van der Waals surface area contributed by atoms with E-state index in [4.69, 9.17) is 23.2 Å². The predicted molar refractivity (Wildman–Crippen MR) is 55.8 cm³/mol. The second-order valence-electron chi connectivity index (χ2n) is 2.39. The molecular weight excluding hydrogens is 207 g/mol. The van der Waals surface area contributed by atoms with Gasteiger partial charge in [-0.3, -0.25) is 4.79 Å². The van der Waals surface area contributed by atoms with E-state index in [9.17, 15) is 4.79 Å². The lowest BCUT2D eigenvalue weighted by Gasteiger charge is -1.98. The predicted octanol–water partition coefficient (Wildman–Crippen LogP) is 3.51. The molecule has 1 rings (SSSR count). The van der Waals surface area contributed by atoms with E-state index in [1.807, 2.05) is 6.07 Å². The highest BCUT2D eigenvalue weighted by atomic mass is 35.5. The Morgan fingerprint density at radius 1 is 1.38 bits per heavy atom. The quantitative estimate of drug-likeness (QED) is 0.752. The van der Waals surface area contributed by atoms with Gasteiger partial charge in [0.15, 0.2) is 0 Å². The molecule has 1 aromatic rings. The first kappa shape index (κ1) is 10.3. The highest BCUT2D eigenvalue weighted by molar-refractivity contribution is 6.42. The second-order valence-corrected chi connectivity index (χ2v) is 3.18. The van der Waals surface area contributed by atoms with Crippen molar-refractivity contribution in [2.24, 2.45) is 0 Å². The summed E-state index contributed by atoms with van der Waals surface area (Å²) in [6.45, 7) is 0. The van der Waals surface area contributed by atoms with Crippen LogP contribution in [-0.4, -0.2) is 6.29 Å². The van der Waals surface area contributed by atoms with Gasteiger partial charge in [-0.2, -0.15) is 0 Å². The summed E-state index contributed by atoms with van der Waals surface area (Å²) in [5.74, 6) is 0. The van der Waals surface area contributed by atoms with Crippen LogP contribution in [0.4, 0.5) is 0 Å². The van der Waals surface area contributed by atoms with Crippen LogP contribution in [0.5, 0.6) is 0 Å². The molecule has 0 saturated heterocycles. The van der Waals surface area contributed by atoms with Crippen molar-refractivity contribution >= 4 is 35.6 Å². The van der Waals surface area contributed by atoms with Gasteiger partial charge in [0, 0.05) is 6.42 Å². The van der Waals surface area contributed by atoms with Gasteiger partial charge in [0.2, 0.25) is 6.29 Å². The Hall–Kier alpha value is -0.790. The van der Waals surface area contributed by atoms with Gasteiger partial charge in [0.1, 0.15) is 0 Å². The average Bonchev–Trinajstić information content (AvgIpc) is 2.13. The average molecular weight is 214 g/mol. The summed E-state index contributed by atoms with van der Waals surface area (Å²) in [7, 11) is 0. The van der Waals surface area contributed by atoms with Gasteiger partial charge >= 0.3 is 0 Å². The minimum atomic E-state index is 0.267. The van der Waals surface area contributed by atoms with E-state index in [-0.39, 0.29) is 6.42 Å². The largest absolute Gasteiger partial charge is 0.291 e. The van der Waals surface area contributed by atoms with Crippen LogP contribution in [-0.2, 0) is 4.79 Å². The molecule has 0 aliphatic carbocycles. The van der Waals surface area contributed by atoms with E-state index in [0.717, 1.165) is 5.56 Å². The van der Waals surface area contributed by atoms with Crippen molar-refractivity contribution in [1.82, 2.24) is 0 Å². The van der Waals surface area contributed by atoms with Gasteiger partial charge in [0.05, 0.1) is 10.0 Å². The number of benzene rings is 1. The highest BCUT2D eigenvalue weighted by Gasteiger charge is 1.99. The van der Waals surface area contributed by atoms with Gasteiger partial charge in [0.25, 0.3) is 0 Å². The monoisotopic (exact) mass is 213 g/mol. The van der Waals surface area contributed by atoms with Crippen molar-refractivity contribution in [2.45, 2.75) is 6.42 Å². The number of rotatable bonds is 3. The minimum Gasteiger partial charge on any atom is -0.291 e. The molecule has 1 radical (unpaired) electrons. The molecule has 13 heavy (non-hydrogen) atoms. The first-order valence-electron chi connectivity index (χ1n) is 3.71. The summed E-state index contributed by atoms with van der Waals surface area (Å²) < 4.78 is 0. The third kappa shape index (κ3) is 2.87. The molecule has 0 unspecified atom stereocenters. The van der Waals surface area contributed by atoms with E-state index in [2.05, 4.69) is 0 Å². The Balaban J connectivity index is 2.88. The smallest absolute Gasteiger partial charge is 0.202 e. The molecule has 1 aromatic carbocycles. The summed E-state index contributed by atoms with van der Waals surface area (Å²) in [4.78, 5) is 9.91. The van der Waals surface area contributed by atoms with Crippen LogP contribution in [0.3, 0.4) is 0 Å². The van der Waals surface area contributed by atoms with Crippen molar-refractivity contribution in [3.05, 3.63) is 39.9 Å². The Bertz CT molecular complexity index is 332. The maximum absolute atomic E-state index is 9.91. The Labute approximate surface area is 87.0 Å². The first-order chi connectivity index (χ1) is 6.25. The molecule has 0 bridgehead atoms. The molecule has 0 aliphatic heterocycles. The standard InChI is InChI=1S/C10H7Cl2O/c11-9-6-3-5-8(10(9)12)4-1-2-7-13/h1,3-6H,2H2. The fourth-order valence-electron chi connectivity index (χ4n) is 0.883. The molecule has 0 N–H and O–H groups in total. The number of carbonyl (C=O) groups excluding carboxylic acids is 1. The zero-order valence-corrected chi connectivity index (χ0v) is 8.27. The molecule has 67 valence electrons. The number of allylic oxidation sites excluding steroid dienone is 1. The molecule has 0 spiro atoms. The van der Waals surface area contributed by atoms with Crippen molar-refractivity contribution in [3.63, 3.8) is 0 Å². The molecule has 0 aliphatic rings.